The number of nitrogens with zero attached hydrogens (tertiary/aromatic N) is 1. The number of fused-ring (bicyclic) bond motifs is 3. The molecular weight excluding hydrogens is 586 g/mol. The van der Waals surface area contributed by atoms with Crippen LogP contribution in [-0.4, -0.2) is 77.1 Å². The fraction of sp³-hybridized carbons (Fsp3) is 0.486. The highest BCUT2D eigenvalue weighted by Gasteiger charge is 2.37. The molecule has 3 aromatic rings. The quantitative estimate of drug-likeness (QED) is 0.193. The second kappa shape index (κ2) is 14.7. The molecule has 4 amide bonds. The molecule has 1 aromatic heterocycles. The Morgan fingerprint density at radius 3 is 2.20 bits per heavy atom. The summed E-state index contributed by atoms with van der Waals surface area (Å²) >= 11 is 0. The number of ether oxygens (including phenoxy) is 1. The molecule has 1 saturated heterocycles. The number of hydrogen-bond donors (Lipinski definition) is 5. The van der Waals surface area contributed by atoms with Crippen LogP contribution < -0.4 is 20.7 Å². The van der Waals surface area contributed by atoms with Crippen molar-refractivity contribution in [3.05, 3.63) is 65.9 Å². The van der Waals surface area contributed by atoms with Gasteiger partial charge in [-0.15, -0.1) is 0 Å². The van der Waals surface area contributed by atoms with E-state index in [0.29, 0.717) is 42.7 Å². The Morgan fingerprint density at radius 1 is 0.891 bits per heavy atom. The third-order valence-electron chi connectivity index (χ3n) is 9.16. The van der Waals surface area contributed by atoms with Crippen molar-refractivity contribution in [3.63, 3.8) is 0 Å². The second-order valence-electron chi connectivity index (χ2n) is 13.2. The highest BCUT2D eigenvalue weighted by molar-refractivity contribution is 5.94. The van der Waals surface area contributed by atoms with E-state index in [9.17, 15) is 24.3 Å². The number of urea groups is 1. The van der Waals surface area contributed by atoms with Crippen LogP contribution in [0.4, 0.5) is 4.79 Å². The van der Waals surface area contributed by atoms with Crippen molar-refractivity contribution in [2.75, 3.05) is 20.2 Å². The molecule has 5 rings (SSSR count). The van der Waals surface area contributed by atoms with Crippen LogP contribution in [0.2, 0.25) is 0 Å². The van der Waals surface area contributed by atoms with Crippen molar-refractivity contribution >= 4 is 34.7 Å². The van der Waals surface area contributed by atoms with Crippen LogP contribution in [0, 0.1) is 17.8 Å². The summed E-state index contributed by atoms with van der Waals surface area (Å²) in [5.74, 6) is -0.558. The highest BCUT2D eigenvalue weighted by Crippen LogP contribution is 2.36. The van der Waals surface area contributed by atoms with E-state index in [4.69, 9.17) is 4.74 Å². The minimum atomic E-state index is -1.23. The maximum atomic E-state index is 13.9. The molecule has 5 N–H and O–H groups in total. The van der Waals surface area contributed by atoms with Crippen molar-refractivity contribution in [2.24, 2.45) is 17.8 Å². The van der Waals surface area contributed by atoms with Crippen LogP contribution in [0.1, 0.15) is 50.7 Å². The number of carbonyl (C=O) groups excluding carboxylic acids is 3. The molecule has 2 aliphatic rings. The van der Waals surface area contributed by atoms with Gasteiger partial charge in [-0.1, -0.05) is 44.2 Å². The molecule has 0 unspecified atom stereocenters. The maximum Gasteiger partial charge on any atom is 0.326 e. The first-order chi connectivity index (χ1) is 22.1. The lowest BCUT2D eigenvalue weighted by atomic mass is 9.99. The molecule has 11 nitrogen and oxygen atoms in total. The third-order valence-corrected chi connectivity index (χ3v) is 9.16. The summed E-state index contributed by atoms with van der Waals surface area (Å²) in [6, 6.07) is 11.1. The van der Waals surface area contributed by atoms with Crippen molar-refractivity contribution in [1.29, 1.82) is 0 Å². The number of carboxylic acid groups (broad SMARTS) is 1. The van der Waals surface area contributed by atoms with Crippen LogP contribution in [0.15, 0.2) is 54.7 Å². The Labute approximate surface area is 269 Å². The lowest BCUT2D eigenvalue weighted by Gasteiger charge is -2.33. The van der Waals surface area contributed by atoms with Crippen LogP contribution in [0.3, 0.4) is 0 Å². The van der Waals surface area contributed by atoms with Crippen LogP contribution in [-0.2, 0) is 27.2 Å². The predicted molar refractivity (Wildman–Crippen MR) is 174 cm³/mol. The number of aromatic nitrogens is 1. The number of benzene rings is 2. The number of rotatable bonds is 13. The zero-order valence-electron chi connectivity index (χ0n) is 26.8. The van der Waals surface area contributed by atoms with Gasteiger partial charge in [0, 0.05) is 43.0 Å². The SMILES string of the molecule is COc1ccc(C[C@H](NC(=O)[C@@H](Cc2c[nH]c3ccccc23)NC(=O)[C@H](CC(C)C)NC(=O)N2C[C@@H]3CC[C@@H](C3)C2)C(=O)O)cc1. The minimum Gasteiger partial charge on any atom is -0.497 e. The Hall–Kier alpha value is -4.54. The minimum absolute atomic E-state index is 0.0443. The van der Waals surface area contributed by atoms with Gasteiger partial charge in [-0.25, -0.2) is 9.59 Å². The van der Waals surface area contributed by atoms with E-state index in [1.54, 1.807) is 37.6 Å². The Morgan fingerprint density at radius 2 is 1.54 bits per heavy atom. The number of amides is 4. The topological polar surface area (TPSA) is 153 Å². The molecule has 46 heavy (non-hydrogen) atoms. The Kier molecular flexibility index (Phi) is 10.5. The Balaban J connectivity index is 1.34. The van der Waals surface area contributed by atoms with E-state index in [1.807, 2.05) is 43.0 Å². The maximum absolute atomic E-state index is 13.9. The van der Waals surface area contributed by atoms with E-state index in [1.165, 1.54) is 0 Å². The average Bonchev–Trinajstić information content (AvgIpc) is 3.61. The molecule has 2 aromatic carbocycles. The number of methoxy groups -OCH3 is 1. The van der Waals surface area contributed by atoms with Crippen molar-refractivity contribution < 1.29 is 29.0 Å². The number of hydrogen-bond acceptors (Lipinski definition) is 5. The monoisotopic (exact) mass is 631 g/mol. The van der Waals surface area contributed by atoms with E-state index >= 15 is 0 Å². The molecule has 1 aliphatic heterocycles. The zero-order valence-corrected chi connectivity index (χ0v) is 26.8. The lowest BCUT2D eigenvalue weighted by molar-refractivity contribution is -0.142. The number of likely N-dealkylation sites (tertiary alicyclic amines) is 1. The summed E-state index contributed by atoms with van der Waals surface area (Å²) in [6.45, 7) is 5.32. The first kappa shape index (κ1) is 32.8. The van der Waals surface area contributed by atoms with Gasteiger partial charge in [0.25, 0.3) is 0 Å². The van der Waals surface area contributed by atoms with Gasteiger partial charge in [-0.05, 0) is 72.8 Å². The number of aliphatic carboxylic acids is 1. The summed E-state index contributed by atoms with van der Waals surface area (Å²) in [5.41, 5.74) is 2.38. The van der Waals surface area contributed by atoms with E-state index in [-0.39, 0.29) is 24.8 Å². The van der Waals surface area contributed by atoms with Crippen molar-refractivity contribution in [1.82, 2.24) is 25.8 Å². The average molecular weight is 632 g/mol. The van der Waals surface area contributed by atoms with Gasteiger partial charge < -0.3 is 35.7 Å². The zero-order chi connectivity index (χ0) is 32.8. The van der Waals surface area contributed by atoms with E-state index in [0.717, 1.165) is 35.7 Å². The van der Waals surface area contributed by atoms with Crippen molar-refractivity contribution in [2.45, 2.75) is 70.5 Å². The van der Waals surface area contributed by atoms with Gasteiger partial charge in [0.1, 0.15) is 23.9 Å². The molecule has 1 saturated carbocycles. The number of nitrogens with one attached hydrogen (secondary N) is 4. The molecule has 1 aliphatic carbocycles. The smallest absolute Gasteiger partial charge is 0.326 e. The van der Waals surface area contributed by atoms with Gasteiger partial charge in [-0.3, -0.25) is 9.59 Å². The fourth-order valence-electron chi connectivity index (χ4n) is 6.79. The molecule has 11 heteroatoms. The standard InChI is InChI=1S/C35H45N5O6/c1-21(2)14-29(39-35(45)40-19-23-8-9-24(15-23)20-40)32(41)37-30(17-25-18-36-28-7-5-4-6-27(25)28)33(42)38-31(34(43)44)16-22-10-12-26(46-3)13-11-22/h4-7,10-13,18,21,23-24,29-31,36H,8-9,14-17,19-20H2,1-3H3,(H,37,41)(H,38,42)(H,39,45)(H,43,44)/t23-,24+,29-,30+,31-/m0/s1. The van der Waals surface area contributed by atoms with Crippen molar-refractivity contribution in [3.8, 4) is 5.75 Å². The summed E-state index contributed by atoms with van der Waals surface area (Å²) in [7, 11) is 1.55. The van der Waals surface area contributed by atoms with Gasteiger partial charge in [0.2, 0.25) is 11.8 Å². The summed E-state index contributed by atoms with van der Waals surface area (Å²) in [4.78, 5) is 58.3. The summed E-state index contributed by atoms with van der Waals surface area (Å²) in [5, 5.41) is 19.4. The largest absolute Gasteiger partial charge is 0.497 e. The Bertz CT molecular complexity index is 1520. The number of carbonyl (C=O) groups is 4. The van der Waals surface area contributed by atoms with Crippen LogP contribution >= 0.6 is 0 Å². The second-order valence-corrected chi connectivity index (χ2v) is 13.2. The molecule has 2 bridgehead atoms. The molecule has 0 spiro atoms. The molecule has 2 heterocycles. The fourth-order valence-corrected chi connectivity index (χ4v) is 6.79. The number of H-pyrrole nitrogens is 1. The highest BCUT2D eigenvalue weighted by atomic mass is 16.5. The first-order valence-electron chi connectivity index (χ1n) is 16.2. The molecule has 246 valence electrons. The first-order valence-corrected chi connectivity index (χ1v) is 16.2. The van der Waals surface area contributed by atoms with E-state index < -0.39 is 35.9 Å². The predicted octanol–water partition coefficient (Wildman–Crippen LogP) is 3.87. The normalized spacial score (nSPS) is 19.3. The van der Waals surface area contributed by atoms with Crippen LogP contribution in [0.5, 0.6) is 5.75 Å². The van der Waals surface area contributed by atoms with Crippen LogP contribution in [0.25, 0.3) is 10.9 Å². The van der Waals surface area contributed by atoms with Gasteiger partial charge >= 0.3 is 12.0 Å². The lowest BCUT2D eigenvalue weighted by Crippen LogP contribution is -2.58. The van der Waals surface area contributed by atoms with Gasteiger partial charge in [0.05, 0.1) is 7.11 Å². The number of para-hydroxylation sites is 1. The molecule has 5 atom stereocenters. The van der Waals surface area contributed by atoms with Gasteiger partial charge in [0.15, 0.2) is 0 Å². The number of carboxylic acids is 1. The number of piperidine rings is 1. The summed E-state index contributed by atoms with van der Waals surface area (Å²) in [6.07, 6.45) is 5.75. The summed E-state index contributed by atoms with van der Waals surface area (Å²) < 4.78 is 5.19. The molecule has 0 radical (unpaired) electrons. The van der Waals surface area contributed by atoms with Gasteiger partial charge in [-0.2, -0.15) is 0 Å². The molecular formula is C35H45N5O6. The number of aromatic amines is 1. The van der Waals surface area contributed by atoms with E-state index in [2.05, 4.69) is 20.9 Å². The molecule has 2 fully saturated rings. The third kappa shape index (κ3) is 8.18.